The van der Waals surface area contributed by atoms with Gasteiger partial charge in [0.1, 0.15) is 18.6 Å². The highest BCUT2D eigenvalue weighted by atomic mass is 35.5. The minimum atomic E-state index is -0.688. The van der Waals surface area contributed by atoms with Gasteiger partial charge in [0.15, 0.2) is 11.5 Å². The lowest BCUT2D eigenvalue weighted by molar-refractivity contribution is -0.121. The van der Waals surface area contributed by atoms with Gasteiger partial charge in [0, 0.05) is 6.04 Å². The summed E-state index contributed by atoms with van der Waals surface area (Å²) < 4.78 is 11.0. The van der Waals surface area contributed by atoms with E-state index in [-0.39, 0.29) is 11.9 Å². The van der Waals surface area contributed by atoms with Crippen LogP contribution in [0.4, 0.5) is 0 Å². The number of carbonyl (C=O) groups is 1. The van der Waals surface area contributed by atoms with Crippen molar-refractivity contribution in [3.8, 4) is 11.5 Å². The van der Waals surface area contributed by atoms with Crippen LogP contribution in [0.1, 0.15) is 36.6 Å². The molecule has 1 saturated carbocycles. The lowest BCUT2D eigenvalue weighted by atomic mass is 10.1. The molecule has 1 aliphatic heterocycles. The molecule has 1 N–H and O–H groups in total. The normalized spacial score (nSPS) is 19.6. The number of carbonyl (C=O) groups excluding carboxylic acids is 1. The Bertz CT molecular complexity index is 500. The first-order valence-corrected chi connectivity index (χ1v) is 7.51. The van der Waals surface area contributed by atoms with Gasteiger partial charge in [-0.3, -0.25) is 4.79 Å². The third kappa shape index (κ3) is 2.85. The Morgan fingerprint density at radius 3 is 2.65 bits per heavy atom. The van der Waals surface area contributed by atoms with Gasteiger partial charge in [-0.05, 0) is 30.5 Å². The summed E-state index contributed by atoms with van der Waals surface area (Å²) in [6, 6.07) is 5.70. The number of alkyl halides is 1. The van der Waals surface area contributed by atoms with Gasteiger partial charge < -0.3 is 14.8 Å². The van der Waals surface area contributed by atoms with E-state index in [1.807, 2.05) is 12.1 Å². The van der Waals surface area contributed by atoms with Crippen LogP contribution in [0.3, 0.4) is 0 Å². The fourth-order valence-corrected chi connectivity index (χ4v) is 2.91. The van der Waals surface area contributed by atoms with E-state index in [1.165, 1.54) is 12.8 Å². The number of amides is 1. The molecule has 0 saturated heterocycles. The zero-order valence-electron chi connectivity index (χ0n) is 11.2. The predicted molar refractivity (Wildman–Crippen MR) is 76.4 cm³/mol. The fraction of sp³-hybridized carbons (Fsp3) is 0.533. The first kappa shape index (κ1) is 13.6. The molecule has 1 amide bonds. The van der Waals surface area contributed by atoms with E-state index in [4.69, 9.17) is 21.1 Å². The molecule has 4 nitrogen and oxygen atoms in total. The maximum absolute atomic E-state index is 12.2. The van der Waals surface area contributed by atoms with Gasteiger partial charge in [0.25, 0.3) is 0 Å². The standard InChI is InChI=1S/C15H18ClNO3/c16-14(15(18)17-11-3-1-2-4-11)10-5-6-12-13(9-10)20-8-7-19-12/h5-6,9,11,14H,1-4,7-8H2,(H,17,18). The summed E-state index contributed by atoms with van der Waals surface area (Å²) in [7, 11) is 0. The maximum atomic E-state index is 12.2. The second-order valence-corrected chi connectivity index (χ2v) is 5.69. The lowest BCUT2D eigenvalue weighted by Gasteiger charge is -2.20. The van der Waals surface area contributed by atoms with Crippen molar-refractivity contribution >= 4 is 17.5 Å². The molecule has 1 fully saturated rings. The zero-order chi connectivity index (χ0) is 13.9. The second-order valence-electron chi connectivity index (χ2n) is 5.26. The quantitative estimate of drug-likeness (QED) is 0.872. The minimum absolute atomic E-state index is 0.129. The molecule has 20 heavy (non-hydrogen) atoms. The van der Waals surface area contributed by atoms with Crippen LogP contribution < -0.4 is 14.8 Å². The molecule has 1 unspecified atom stereocenters. The molecule has 0 radical (unpaired) electrons. The third-order valence-electron chi connectivity index (χ3n) is 3.79. The zero-order valence-corrected chi connectivity index (χ0v) is 12.0. The Morgan fingerprint density at radius 1 is 1.20 bits per heavy atom. The van der Waals surface area contributed by atoms with Crippen LogP contribution in [0.5, 0.6) is 11.5 Å². The molecule has 1 aliphatic carbocycles. The molecule has 1 aromatic rings. The van der Waals surface area contributed by atoms with Gasteiger partial charge in [-0.25, -0.2) is 0 Å². The van der Waals surface area contributed by atoms with Crippen molar-refractivity contribution in [2.45, 2.75) is 37.1 Å². The Balaban J connectivity index is 1.69. The molecule has 0 aromatic heterocycles. The summed E-state index contributed by atoms with van der Waals surface area (Å²) >= 11 is 6.27. The molecular formula is C15H18ClNO3. The van der Waals surface area contributed by atoms with Crippen molar-refractivity contribution in [2.24, 2.45) is 0 Å². The van der Waals surface area contributed by atoms with Crippen LogP contribution in [0.2, 0.25) is 0 Å². The van der Waals surface area contributed by atoms with Crippen LogP contribution in [0, 0.1) is 0 Å². The molecule has 108 valence electrons. The first-order chi connectivity index (χ1) is 9.74. The molecule has 0 spiro atoms. The van der Waals surface area contributed by atoms with Gasteiger partial charge in [-0.15, -0.1) is 11.6 Å². The number of hydrogen-bond acceptors (Lipinski definition) is 3. The monoisotopic (exact) mass is 295 g/mol. The van der Waals surface area contributed by atoms with Gasteiger partial charge >= 0.3 is 0 Å². The number of fused-ring (bicyclic) bond motifs is 1. The number of ether oxygens (including phenoxy) is 2. The number of hydrogen-bond donors (Lipinski definition) is 1. The Morgan fingerprint density at radius 2 is 1.90 bits per heavy atom. The molecule has 5 heteroatoms. The van der Waals surface area contributed by atoms with E-state index in [1.54, 1.807) is 6.07 Å². The Hall–Kier alpha value is -1.42. The number of halogens is 1. The largest absolute Gasteiger partial charge is 0.486 e. The van der Waals surface area contributed by atoms with Crippen LogP contribution in [0.15, 0.2) is 18.2 Å². The Labute approximate surface area is 123 Å². The van der Waals surface area contributed by atoms with Crippen LogP contribution in [-0.4, -0.2) is 25.2 Å². The van der Waals surface area contributed by atoms with Crippen molar-refractivity contribution in [2.75, 3.05) is 13.2 Å². The smallest absolute Gasteiger partial charge is 0.242 e. The molecular weight excluding hydrogens is 278 g/mol. The molecule has 0 bridgehead atoms. The summed E-state index contributed by atoms with van der Waals surface area (Å²) in [5, 5.41) is 2.33. The van der Waals surface area contributed by atoms with E-state index >= 15 is 0 Å². The van der Waals surface area contributed by atoms with Crippen LogP contribution >= 0.6 is 11.6 Å². The average molecular weight is 296 g/mol. The molecule has 3 rings (SSSR count). The maximum Gasteiger partial charge on any atom is 0.242 e. The average Bonchev–Trinajstić information content (AvgIpc) is 2.99. The summed E-state index contributed by atoms with van der Waals surface area (Å²) in [5.41, 5.74) is 0.742. The predicted octanol–water partition coefficient (Wildman–Crippen LogP) is 2.80. The number of benzene rings is 1. The van der Waals surface area contributed by atoms with Crippen molar-refractivity contribution in [3.05, 3.63) is 23.8 Å². The van der Waals surface area contributed by atoms with Crippen molar-refractivity contribution < 1.29 is 14.3 Å². The van der Waals surface area contributed by atoms with E-state index in [2.05, 4.69) is 5.32 Å². The fourth-order valence-electron chi connectivity index (χ4n) is 2.71. The van der Waals surface area contributed by atoms with E-state index in [0.717, 1.165) is 18.4 Å². The third-order valence-corrected chi connectivity index (χ3v) is 4.24. The number of rotatable bonds is 3. The highest BCUT2D eigenvalue weighted by Gasteiger charge is 2.24. The van der Waals surface area contributed by atoms with Crippen LogP contribution in [-0.2, 0) is 4.79 Å². The van der Waals surface area contributed by atoms with Gasteiger partial charge in [-0.1, -0.05) is 18.9 Å². The van der Waals surface area contributed by atoms with Crippen molar-refractivity contribution in [1.82, 2.24) is 5.32 Å². The number of nitrogens with one attached hydrogen (secondary N) is 1. The molecule has 1 atom stereocenters. The highest BCUT2D eigenvalue weighted by Crippen LogP contribution is 2.34. The van der Waals surface area contributed by atoms with Crippen LogP contribution in [0.25, 0.3) is 0 Å². The molecule has 1 aromatic carbocycles. The van der Waals surface area contributed by atoms with Crippen molar-refractivity contribution in [1.29, 1.82) is 0 Å². The minimum Gasteiger partial charge on any atom is -0.486 e. The summed E-state index contributed by atoms with van der Waals surface area (Å²) in [4.78, 5) is 12.2. The highest BCUT2D eigenvalue weighted by molar-refractivity contribution is 6.30. The SMILES string of the molecule is O=C(NC1CCCC1)C(Cl)c1ccc2c(c1)OCCO2. The van der Waals surface area contributed by atoms with Crippen molar-refractivity contribution in [3.63, 3.8) is 0 Å². The lowest BCUT2D eigenvalue weighted by Crippen LogP contribution is -2.34. The van der Waals surface area contributed by atoms with E-state index in [0.29, 0.717) is 24.7 Å². The summed E-state index contributed by atoms with van der Waals surface area (Å²) in [5.74, 6) is 1.24. The molecule has 1 heterocycles. The summed E-state index contributed by atoms with van der Waals surface area (Å²) in [6.07, 6.45) is 4.47. The van der Waals surface area contributed by atoms with Gasteiger partial charge in [-0.2, -0.15) is 0 Å². The Kier molecular flexibility index (Phi) is 4.01. The second kappa shape index (κ2) is 5.92. The topological polar surface area (TPSA) is 47.6 Å². The van der Waals surface area contributed by atoms with Gasteiger partial charge in [0.2, 0.25) is 5.91 Å². The van der Waals surface area contributed by atoms with E-state index in [9.17, 15) is 4.79 Å². The molecule has 2 aliphatic rings. The first-order valence-electron chi connectivity index (χ1n) is 7.08. The van der Waals surface area contributed by atoms with E-state index < -0.39 is 5.38 Å². The van der Waals surface area contributed by atoms with Gasteiger partial charge in [0.05, 0.1) is 0 Å². The summed E-state index contributed by atoms with van der Waals surface area (Å²) in [6.45, 7) is 1.08.